The lowest BCUT2D eigenvalue weighted by molar-refractivity contribution is -0.152. The highest BCUT2D eigenvalue weighted by atomic mass is 16.5. The number of nitrogens with zero attached hydrogens (tertiary/aromatic N) is 2. The summed E-state index contributed by atoms with van der Waals surface area (Å²) in [6, 6.07) is 7.33. The van der Waals surface area contributed by atoms with Crippen molar-refractivity contribution < 1.29 is 28.0 Å². The van der Waals surface area contributed by atoms with E-state index in [9.17, 15) is 14.4 Å². The molecule has 8 heteroatoms. The number of esters is 1. The maximum atomic E-state index is 12.5. The van der Waals surface area contributed by atoms with Gasteiger partial charge in [0.1, 0.15) is 5.58 Å². The zero-order valence-corrected chi connectivity index (χ0v) is 19.1. The fourth-order valence-electron chi connectivity index (χ4n) is 4.16. The summed E-state index contributed by atoms with van der Waals surface area (Å²) in [6.07, 6.45) is 3.07. The van der Waals surface area contributed by atoms with Crippen LogP contribution in [0.25, 0.3) is 11.0 Å². The van der Waals surface area contributed by atoms with Gasteiger partial charge in [0, 0.05) is 37.1 Å². The molecule has 0 spiro atoms. The molecule has 0 unspecified atom stereocenters. The number of carbonyl (C=O) groups is 3. The van der Waals surface area contributed by atoms with Crippen molar-refractivity contribution in [1.29, 1.82) is 0 Å². The van der Waals surface area contributed by atoms with Crippen LogP contribution in [-0.4, -0.2) is 60.4 Å². The minimum atomic E-state index is -0.482. The molecule has 2 aromatic heterocycles. The second-order valence-corrected chi connectivity index (χ2v) is 8.61. The topological polar surface area (TPSA) is 93.2 Å². The Morgan fingerprint density at radius 2 is 1.79 bits per heavy atom. The maximum absolute atomic E-state index is 12.5. The third-order valence-electron chi connectivity index (χ3n) is 6.01. The fourth-order valence-corrected chi connectivity index (χ4v) is 4.16. The first-order chi connectivity index (χ1) is 15.8. The number of benzene rings is 1. The third kappa shape index (κ3) is 4.94. The molecule has 8 nitrogen and oxygen atoms in total. The normalized spacial score (nSPS) is 14.2. The Balaban J connectivity index is 1.28. The van der Waals surface area contributed by atoms with E-state index in [1.165, 1.54) is 11.8 Å². The Hall–Kier alpha value is -3.55. The van der Waals surface area contributed by atoms with Gasteiger partial charge in [-0.1, -0.05) is 13.8 Å². The van der Waals surface area contributed by atoms with Crippen LogP contribution in [0.3, 0.4) is 0 Å². The van der Waals surface area contributed by atoms with Gasteiger partial charge in [0.2, 0.25) is 0 Å². The predicted molar refractivity (Wildman–Crippen MR) is 121 cm³/mol. The molecule has 4 rings (SSSR count). The fraction of sp³-hybridized carbons (Fsp3) is 0.400. The molecule has 33 heavy (non-hydrogen) atoms. The van der Waals surface area contributed by atoms with Crippen LogP contribution in [0.5, 0.6) is 0 Å². The number of hydrogen-bond donors (Lipinski definition) is 0. The molecular formula is C25H28N2O6. The van der Waals surface area contributed by atoms with Gasteiger partial charge in [-0.05, 0) is 48.2 Å². The minimum absolute atomic E-state index is 0.0340. The number of furan rings is 2. The monoisotopic (exact) mass is 452 g/mol. The highest BCUT2D eigenvalue weighted by Gasteiger charge is 2.26. The predicted octanol–water partition coefficient (Wildman–Crippen LogP) is 3.53. The van der Waals surface area contributed by atoms with E-state index in [0.717, 1.165) is 22.1 Å². The molecular weight excluding hydrogens is 424 g/mol. The number of fused-ring (bicyclic) bond motifs is 1. The molecule has 3 aromatic rings. The number of rotatable bonds is 6. The van der Waals surface area contributed by atoms with Crippen molar-refractivity contribution in [1.82, 2.24) is 9.80 Å². The van der Waals surface area contributed by atoms with Crippen molar-refractivity contribution in [3.05, 3.63) is 59.2 Å². The molecule has 1 aliphatic heterocycles. The largest absolute Gasteiger partial charge is 0.464 e. The Morgan fingerprint density at radius 3 is 2.45 bits per heavy atom. The second-order valence-electron chi connectivity index (χ2n) is 8.61. The van der Waals surface area contributed by atoms with Crippen LogP contribution in [0.1, 0.15) is 47.0 Å². The number of ether oxygens (including phenoxy) is 1. The molecule has 1 fully saturated rings. The van der Waals surface area contributed by atoms with Gasteiger partial charge in [-0.25, -0.2) is 0 Å². The van der Waals surface area contributed by atoms with E-state index in [1.807, 2.05) is 13.0 Å². The Labute approximate surface area is 192 Å². The SMILES string of the molecule is Cc1cc2occ(CC(=O)OCC(=O)N3CCN(C(=O)c4ccco4)CC3)c2cc1C(C)C. The van der Waals surface area contributed by atoms with Crippen LogP contribution in [0.2, 0.25) is 0 Å². The Morgan fingerprint density at radius 1 is 1.06 bits per heavy atom. The quantitative estimate of drug-likeness (QED) is 0.531. The van der Waals surface area contributed by atoms with E-state index in [1.54, 1.807) is 28.2 Å². The van der Waals surface area contributed by atoms with Gasteiger partial charge in [0.05, 0.1) is 18.9 Å². The zero-order chi connectivity index (χ0) is 23.5. The van der Waals surface area contributed by atoms with Crippen molar-refractivity contribution in [2.75, 3.05) is 32.8 Å². The molecule has 0 N–H and O–H groups in total. The lowest BCUT2D eigenvalue weighted by Gasteiger charge is -2.34. The summed E-state index contributed by atoms with van der Waals surface area (Å²) in [4.78, 5) is 40.5. The average molecular weight is 453 g/mol. The lowest BCUT2D eigenvalue weighted by atomic mass is 9.95. The smallest absolute Gasteiger partial charge is 0.310 e. The summed E-state index contributed by atoms with van der Waals surface area (Å²) in [5.41, 5.74) is 3.84. The Kier molecular flexibility index (Phi) is 6.53. The molecule has 0 aliphatic carbocycles. The molecule has 0 bridgehead atoms. The average Bonchev–Trinajstić information content (AvgIpc) is 3.47. The maximum Gasteiger partial charge on any atom is 0.310 e. The van der Waals surface area contributed by atoms with Crippen LogP contribution in [-0.2, 0) is 20.7 Å². The van der Waals surface area contributed by atoms with Gasteiger partial charge in [-0.15, -0.1) is 0 Å². The van der Waals surface area contributed by atoms with Gasteiger partial charge in [0.25, 0.3) is 11.8 Å². The first kappa shape index (κ1) is 22.6. The second kappa shape index (κ2) is 9.52. The van der Waals surface area contributed by atoms with Crippen LogP contribution in [0, 0.1) is 6.92 Å². The summed E-state index contributed by atoms with van der Waals surface area (Å²) in [6.45, 7) is 7.54. The van der Waals surface area contributed by atoms with Crippen LogP contribution in [0.15, 0.2) is 45.6 Å². The van der Waals surface area contributed by atoms with Crippen molar-refractivity contribution in [3.8, 4) is 0 Å². The molecule has 1 aliphatic rings. The molecule has 1 aromatic carbocycles. The van der Waals surface area contributed by atoms with Crippen molar-refractivity contribution >= 4 is 28.8 Å². The standard InChI is InChI=1S/C25H28N2O6/c1-16(2)19-13-20-18(14-32-22(20)11-17(19)3)12-24(29)33-15-23(28)26-6-8-27(9-7-26)25(30)21-5-4-10-31-21/h4-5,10-11,13-14,16H,6-9,12,15H2,1-3H3. The molecule has 1 saturated heterocycles. The van der Waals surface area contributed by atoms with Crippen LogP contribution in [0.4, 0.5) is 0 Å². The van der Waals surface area contributed by atoms with E-state index in [0.29, 0.717) is 32.1 Å². The molecule has 0 saturated carbocycles. The van der Waals surface area contributed by atoms with Gasteiger partial charge < -0.3 is 23.4 Å². The van der Waals surface area contributed by atoms with Crippen molar-refractivity contribution in [3.63, 3.8) is 0 Å². The molecule has 0 radical (unpaired) electrons. The third-order valence-corrected chi connectivity index (χ3v) is 6.01. The van der Waals surface area contributed by atoms with Crippen molar-refractivity contribution in [2.45, 2.75) is 33.1 Å². The van der Waals surface area contributed by atoms with E-state index < -0.39 is 5.97 Å². The Bertz CT molecular complexity index is 1150. The van der Waals surface area contributed by atoms with Gasteiger partial charge in [-0.3, -0.25) is 14.4 Å². The summed E-state index contributed by atoms with van der Waals surface area (Å²) < 4.78 is 16.0. The number of amides is 2. The molecule has 2 amide bonds. The first-order valence-corrected chi connectivity index (χ1v) is 11.1. The van der Waals surface area contributed by atoms with Gasteiger partial charge >= 0.3 is 5.97 Å². The van der Waals surface area contributed by atoms with Crippen LogP contribution >= 0.6 is 0 Å². The molecule has 3 heterocycles. The zero-order valence-electron chi connectivity index (χ0n) is 19.1. The minimum Gasteiger partial charge on any atom is -0.464 e. The summed E-state index contributed by atoms with van der Waals surface area (Å²) in [5, 5.41) is 0.893. The number of carbonyl (C=O) groups excluding carboxylic acids is 3. The highest BCUT2D eigenvalue weighted by molar-refractivity contribution is 5.92. The lowest BCUT2D eigenvalue weighted by Crippen LogP contribution is -2.51. The highest BCUT2D eigenvalue weighted by Crippen LogP contribution is 2.29. The number of hydrogen-bond acceptors (Lipinski definition) is 6. The molecule has 174 valence electrons. The first-order valence-electron chi connectivity index (χ1n) is 11.1. The van der Waals surface area contributed by atoms with Crippen molar-refractivity contribution in [2.24, 2.45) is 0 Å². The summed E-state index contributed by atoms with van der Waals surface area (Å²) >= 11 is 0. The van der Waals surface area contributed by atoms with Gasteiger partial charge in [0.15, 0.2) is 12.4 Å². The molecule has 0 atom stereocenters. The van der Waals surface area contributed by atoms with E-state index in [-0.39, 0.29) is 30.6 Å². The number of piperazine rings is 1. The summed E-state index contributed by atoms with van der Waals surface area (Å²) in [5.74, 6) is -0.308. The van der Waals surface area contributed by atoms with E-state index >= 15 is 0 Å². The van der Waals surface area contributed by atoms with E-state index in [4.69, 9.17) is 13.6 Å². The number of aryl methyl sites for hydroxylation is 1. The van der Waals surface area contributed by atoms with Gasteiger partial charge in [-0.2, -0.15) is 0 Å². The van der Waals surface area contributed by atoms with Crippen LogP contribution < -0.4 is 0 Å². The van der Waals surface area contributed by atoms with E-state index in [2.05, 4.69) is 19.9 Å². The summed E-state index contributed by atoms with van der Waals surface area (Å²) in [7, 11) is 0.